The van der Waals surface area contributed by atoms with E-state index in [1.807, 2.05) is 7.05 Å². The molecule has 3 rings (SSSR count). The smallest absolute Gasteiger partial charge is 0.147 e. The molecule has 2 atom stereocenters. The quantitative estimate of drug-likeness (QED) is 0.901. The van der Waals surface area contributed by atoms with Gasteiger partial charge >= 0.3 is 0 Å². The van der Waals surface area contributed by atoms with E-state index in [0.717, 1.165) is 12.6 Å². The number of ether oxygens (including phenoxy) is 1. The second-order valence-electron chi connectivity index (χ2n) is 4.95. The van der Waals surface area contributed by atoms with Gasteiger partial charge in [0, 0.05) is 25.2 Å². The number of hydrogen-bond acceptors (Lipinski definition) is 5. The summed E-state index contributed by atoms with van der Waals surface area (Å²) in [4.78, 5) is 1.79. The summed E-state index contributed by atoms with van der Waals surface area (Å²) >= 11 is 0. The van der Waals surface area contributed by atoms with Crippen LogP contribution in [0.5, 0.6) is 0 Å². The van der Waals surface area contributed by atoms with Crippen LogP contribution in [0.2, 0.25) is 0 Å². The first-order valence-corrected chi connectivity index (χ1v) is 6.45. The minimum Gasteiger partial charge on any atom is -0.360 e. The molecule has 2 heterocycles. The maximum atomic E-state index is 14.0. The number of benzene rings is 1. The Bertz CT molecular complexity index is 519. The molecule has 0 aliphatic carbocycles. The maximum Gasteiger partial charge on any atom is 0.147 e. The molecule has 1 saturated heterocycles. The predicted molar refractivity (Wildman–Crippen MR) is 69.8 cm³/mol. The lowest BCUT2D eigenvalue weighted by molar-refractivity contribution is 0.0476. The molecule has 5 nitrogen and oxygen atoms in total. The third kappa shape index (κ3) is 2.46. The summed E-state index contributed by atoms with van der Waals surface area (Å²) in [6.45, 7) is 1.82. The fraction of sp³-hybridized carbons (Fsp3) is 0.462. The average Bonchev–Trinajstić information content (AvgIpc) is 3.02. The first kappa shape index (κ1) is 13.3. The fourth-order valence-electron chi connectivity index (χ4n) is 2.50. The summed E-state index contributed by atoms with van der Waals surface area (Å²) in [6, 6.07) is 3.62. The van der Waals surface area contributed by atoms with Crippen LogP contribution in [0.4, 0.5) is 8.78 Å². The first-order chi connectivity index (χ1) is 9.65. The van der Waals surface area contributed by atoms with Gasteiger partial charge in [0.2, 0.25) is 0 Å². The fourth-order valence-corrected chi connectivity index (χ4v) is 2.50. The first-order valence-electron chi connectivity index (χ1n) is 6.45. The summed E-state index contributed by atoms with van der Waals surface area (Å²) in [5.41, 5.74) is 0.400. The van der Waals surface area contributed by atoms with Gasteiger partial charge < -0.3 is 9.64 Å². The van der Waals surface area contributed by atoms with Crippen LogP contribution in [0.15, 0.2) is 23.3 Å². The van der Waals surface area contributed by atoms with E-state index in [4.69, 9.17) is 4.74 Å². The normalized spacial score (nSPS) is 25.8. The van der Waals surface area contributed by atoms with Gasteiger partial charge in [-0.3, -0.25) is 10.3 Å². The topological polar surface area (TPSA) is 40.1 Å². The molecule has 0 saturated carbocycles. The summed E-state index contributed by atoms with van der Waals surface area (Å²) in [5.74, 6) is -1.15. The molecule has 108 valence electrons. The van der Waals surface area contributed by atoms with Crippen LogP contribution in [0.3, 0.4) is 0 Å². The predicted octanol–water partition coefficient (Wildman–Crippen LogP) is 1.10. The standard InChI is InChI=1S/C13H16F2N4O/c1-18-7-17-19(6-10-5-16-8-20-10)13(18)11-3-2-9(14)4-12(11)15/h2-4,7,10,13,16H,5-6,8H2,1H3/t10-,13?/m1/s1. The second kappa shape index (κ2) is 5.34. The molecule has 0 aromatic heterocycles. The van der Waals surface area contributed by atoms with Crippen molar-refractivity contribution < 1.29 is 13.5 Å². The molecule has 0 radical (unpaired) electrons. The number of hydrogen-bond donors (Lipinski definition) is 1. The van der Waals surface area contributed by atoms with Crippen molar-refractivity contribution in [3.63, 3.8) is 0 Å². The monoisotopic (exact) mass is 282 g/mol. The highest BCUT2D eigenvalue weighted by Crippen LogP contribution is 2.30. The van der Waals surface area contributed by atoms with E-state index >= 15 is 0 Å². The molecule has 0 amide bonds. The van der Waals surface area contributed by atoms with E-state index in [-0.39, 0.29) is 12.3 Å². The van der Waals surface area contributed by atoms with Crippen molar-refractivity contribution >= 4 is 6.34 Å². The van der Waals surface area contributed by atoms with Crippen molar-refractivity contribution in [1.29, 1.82) is 0 Å². The van der Waals surface area contributed by atoms with Gasteiger partial charge in [-0.15, -0.1) is 0 Å². The van der Waals surface area contributed by atoms with Gasteiger partial charge in [-0.25, -0.2) is 8.78 Å². The van der Waals surface area contributed by atoms with Crippen molar-refractivity contribution in [1.82, 2.24) is 15.2 Å². The Morgan fingerprint density at radius 3 is 3.00 bits per heavy atom. The Balaban J connectivity index is 1.81. The third-order valence-electron chi connectivity index (χ3n) is 3.47. The zero-order valence-corrected chi connectivity index (χ0v) is 11.1. The van der Waals surface area contributed by atoms with Crippen molar-refractivity contribution in [3.05, 3.63) is 35.4 Å². The summed E-state index contributed by atoms with van der Waals surface area (Å²) in [6.07, 6.45) is 1.28. The van der Waals surface area contributed by atoms with E-state index < -0.39 is 11.6 Å². The molecule has 0 spiro atoms. The van der Waals surface area contributed by atoms with Gasteiger partial charge in [0.25, 0.3) is 0 Å². The Morgan fingerprint density at radius 1 is 1.45 bits per heavy atom. The van der Waals surface area contributed by atoms with Crippen LogP contribution in [-0.2, 0) is 4.74 Å². The highest BCUT2D eigenvalue weighted by molar-refractivity contribution is 5.57. The number of nitrogens with one attached hydrogen (secondary N) is 1. The van der Waals surface area contributed by atoms with Crippen LogP contribution in [0, 0.1) is 11.6 Å². The zero-order valence-electron chi connectivity index (χ0n) is 11.1. The summed E-state index contributed by atoms with van der Waals surface area (Å²) < 4.78 is 32.5. The van der Waals surface area contributed by atoms with Gasteiger partial charge in [-0.1, -0.05) is 0 Å². The Kier molecular flexibility index (Phi) is 3.54. The SMILES string of the molecule is CN1C=NN(C[C@H]2CNCO2)C1c1ccc(F)cc1F. The Morgan fingerprint density at radius 2 is 2.30 bits per heavy atom. The largest absolute Gasteiger partial charge is 0.360 e. The van der Waals surface area contributed by atoms with Gasteiger partial charge in [0.1, 0.15) is 24.1 Å². The molecule has 1 aromatic carbocycles. The third-order valence-corrected chi connectivity index (χ3v) is 3.47. The number of rotatable bonds is 3. The van der Waals surface area contributed by atoms with Gasteiger partial charge in [0.15, 0.2) is 0 Å². The molecule has 2 aliphatic rings. The van der Waals surface area contributed by atoms with Crippen molar-refractivity contribution in [2.45, 2.75) is 12.3 Å². The minimum absolute atomic E-state index is 0.0182. The zero-order chi connectivity index (χ0) is 14.1. The highest BCUT2D eigenvalue weighted by atomic mass is 19.1. The summed E-state index contributed by atoms with van der Waals surface area (Å²) in [7, 11) is 1.81. The average molecular weight is 282 g/mol. The lowest BCUT2D eigenvalue weighted by Gasteiger charge is -2.30. The minimum atomic E-state index is -0.581. The van der Waals surface area contributed by atoms with E-state index in [0.29, 0.717) is 18.8 Å². The van der Waals surface area contributed by atoms with Gasteiger partial charge in [-0.2, -0.15) is 5.10 Å². The van der Waals surface area contributed by atoms with Crippen LogP contribution in [-0.4, -0.2) is 49.2 Å². The van der Waals surface area contributed by atoms with Crippen LogP contribution in [0.1, 0.15) is 11.7 Å². The van der Waals surface area contributed by atoms with Crippen molar-refractivity contribution in [2.24, 2.45) is 5.10 Å². The lowest BCUT2D eigenvalue weighted by atomic mass is 10.1. The number of halogens is 2. The molecule has 1 aromatic rings. The van der Waals surface area contributed by atoms with Crippen molar-refractivity contribution in [2.75, 3.05) is 26.9 Å². The number of nitrogens with zero attached hydrogens (tertiary/aromatic N) is 3. The molecular formula is C13H16F2N4O. The van der Waals surface area contributed by atoms with Crippen LogP contribution < -0.4 is 5.32 Å². The molecule has 1 unspecified atom stereocenters. The van der Waals surface area contributed by atoms with E-state index in [1.165, 1.54) is 12.1 Å². The van der Waals surface area contributed by atoms with Gasteiger partial charge in [-0.05, 0) is 12.1 Å². The lowest BCUT2D eigenvalue weighted by Crippen LogP contribution is -2.36. The van der Waals surface area contributed by atoms with Gasteiger partial charge in [0.05, 0.1) is 19.4 Å². The van der Waals surface area contributed by atoms with E-state index in [9.17, 15) is 8.78 Å². The number of hydrazone groups is 1. The Labute approximate surface area is 115 Å². The summed E-state index contributed by atoms with van der Waals surface area (Å²) in [5, 5.41) is 9.12. The van der Waals surface area contributed by atoms with Crippen molar-refractivity contribution in [3.8, 4) is 0 Å². The van der Waals surface area contributed by atoms with Crippen LogP contribution >= 0.6 is 0 Å². The second-order valence-corrected chi connectivity index (χ2v) is 4.95. The van der Waals surface area contributed by atoms with E-state index in [2.05, 4.69) is 10.4 Å². The molecule has 7 heteroatoms. The highest BCUT2D eigenvalue weighted by Gasteiger charge is 2.32. The Hall–Kier alpha value is -1.73. The molecule has 1 fully saturated rings. The molecule has 20 heavy (non-hydrogen) atoms. The van der Waals surface area contributed by atoms with E-state index in [1.54, 1.807) is 16.2 Å². The maximum absolute atomic E-state index is 14.0. The molecule has 2 aliphatic heterocycles. The molecule has 0 bridgehead atoms. The molecular weight excluding hydrogens is 266 g/mol. The molecule has 1 N–H and O–H groups in total. The van der Waals surface area contributed by atoms with Crippen LogP contribution in [0.25, 0.3) is 0 Å².